The van der Waals surface area contributed by atoms with Gasteiger partial charge in [0.2, 0.25) is 0 Å². The molecule has 0 unspecified atom stereocenters. The van der Waals surface area contributed by atoms with Gasteiger partial charge in [-0.25, -0.2) is 0 Å². The summed E-state index contributed by atoms with van der Waals surface area (Å²) in [5.74, 6) is 1.97. The van der Waals surface area contributed by atoms with E-state index >= 15 is 0 Å². The highest BCUT2D eigenvalue weighted by Crippen LogP contribution is 2.26. The summed E-state index contributed by atoms with van der Waals surface area (Å²) in [7, 11) is 1.61. The van der Waals surface area contributed by atoms with E-state index in [2.05, 4.69) is 15.9 Å². The second-order valence-corrected chi connectivity index (χ2v) is 6.05. The summed E-state index contributed by atoms with van der Waals surface area (Å²) in [6, 6.07) is 14.2. The summed E-state index contributed by atoms with van der Waals surface area (Å²) in [6.07, 6.45) is 0.911. The van der Waals surface area contributed by atoms with Crippen LogP contribution in [-0.2, 0) is 0 Å². The predicted molar refractivity (Wildman–Crippen MR) is 98.4 cm³/mol. The van der Waals surface area contributed by atoms with E-state index in [4.69, 9.17) is 13.9 Å². The van der Waals surface area contributed by atoms with Crippen LogP contribution in [0, 0.1) is 0 Å². The molecule has 0 spiro atoms. The van der Waals surface area contributed by atoms with Crippen molar-refractivity contribution in [3.05, 3.63) is 58.8 Å². The third kappa shape index (κ3) is 3.62. The van der Waals surface area contributed by atoms with E-state index in [1.54, 1.807) is 25.3 Å². The maximum Gasteiger partial charge on any atom is 0.193 e. The van der Waals surface area contributed by atoms with Crippen LogP contribution in [0.4, 0.5) is 0 Å². The number of hydrogen-bond acceptors (Lipinski definition) is 4. The van der Waals surface area contributed by atoms with Crippen molar-refractivity contribution in [1.29, 1.82) is 0 Å². The van der Waals surface area contributed by atoms with Crippen molar-refractivity contribution in [2.75, 3.05) is 19.0 Å². The Balaban J connectivity index is 1.98. The summed E-state index contributed by atoms with van der Waals surface area (Å²) in [5, 5.41) is 1.43. The molecule has 0 radical (unpaired) electrons. The molecule has 1 aromatic heterocycles. The van der Waals surface area contributed by atoms with Crippen LogP contribution in [0.3, 0.4) is 0 Å². The largest absolute Gasteiger partial charge is 0.497 e. The summed E-state index contributed by atoms with van der Waals surface area (Å²) < 4.78 is 16.7. The lowest BCUT2D eigenvalue weighted by molar-refractivity contribution is 0.319. The van der Waals surface area contributed by atoms with E-state index in [0.717, 1.165) is 23.1 Å². The van der Waals surface area contributed by atoms with Gasteiger partial charge in [0, 0.05) is 23.0 Å². The molecule has 0 aliphatic rings. The van der Waals surface area contributed by atoms with Crippen molar-refractivity contribution in [3.8, 4) is 22.8 Å². The van der Waals surface area contributed by atoms with Crippen LogP contribution in [0.1, 0.15) is 6.42 Å². The van der Waals surface area contributed by atoms with Gasteiger partial charge in [-0.2, -0.15) is 0 Å². The molecule has 5 heteroatoms. The summed E-state index contributed by atoms with van der Waals surface area (Å²) in [6.45, 7) is 0.610. The summed E-state index contributed by atoms with van der Waals surface area (Å²) >= 11 is 3.37. The number of rotatable bonds is 6. The number of benzene rings is 2. The maximum atomic E-state index is 12.3. The van der Waals surface area contributed by atoms with Crippen molar-refractivity contribution in [3.63, 3.8) is 0 Å². The first-order valence-electron chi connectivity index (χ1n) is 7.62. The molecule has 3 aromatic rings. The summed E-state index contributed by atoms with van der Waals surface area (Å²) in [5.41, 5.74) is 1.26. The molecule has 0 atom stereocenters. The molecule has 0 bridgehead atoms. The molecule has 0 amide bonds. The Hall–Kier alpha value is -2.27. The average molecular weight is 389 g/mol. The number of methoxy groups -OCH3 is 1. The van der Waals surface area contributed by atoms with E-state index in [1.807, 2.05) is 24.3 Å². The van der Waals surface area contributed by atoms with Gasteiger partial charge in [-0.15, -0.1) is 0 Å². The van der Waals surface area contributed by atoms with Gasteiger partial charge in [-0.05, 0) is 42.8 Å². The van der Waals surface area contributed by atoms with Gasteiger partial charge in [-0.1, -0.05) is 15.9 Å². The fraction of sp³-hybridized carbons (Fsp3) is 0.211. The van der Waals surface area contributed by atoms with E-state index in [-0.39, 0.29) is 5.43 Å². The zero-order chi connectivity index (χ0) is 16.9. The minimum absolute atomic E-state index is 0.0749. The lowest BCUT2D eigenvalue weighted by atomic mass is 10.1. The SMILES string of the molecule is COc1ccc(-c2cc(=O)c3ccc(OCCCBr)cc3o2)cc1. The van der Waals surface area contributed by atoms with Gasteiger partial charge in [0.05, 0.1) is 19.1 Å². The Morgan fingerprint density at radius 3 is 2.50 bits per heavy atom. The fourth-order valence-electron chi connectivity index (χ4n) is 2.37. The van der Waals surface area contributed by atoms with Gasteiger partial charge in [0.25, 0.3) is 0 Å². The molecule has 4 nitrogen and oxygen atoms in total. The van der Waals surface area contributed by atoms with Crippen LogP contribution in [-0.4, -0.2) is 19.0 Å². The van der Waals surface area contributed by atoms with Gasteiger partial charge >= 0.3 is 0 Å². The molecule has 0 fully saturated rings. The third-order valence-corrected chi connectivity index (χ3v) is 4.18. The van der Waals surface area contributed by atoms with E-state index in [1.165, 1.54) is 6.07 Å². The monoisotopic (exact) mass is 388 g/mol. The van der Waals surface area contributed by atoms with Crippen molar-refractivity contribution in [1.82, 2.24) is 0 Å². The first-order chi connectivity index (χ1) is 11.7. The zero-order valence-electron chi connectivity index (χ0n) is 13.3. The second-order valence-electron chi connectivity index (χ2n) is 5.25. The molecule has 3 rings (SSSR count). The van der Waals surface area contributed by atoms with E-state index < -0.39 is 0 Å². The molecule has 0 saturated heterocycles. The van der Waals surface area contributed by atoms with Crippen LogP contribution >= 0.6 is 15.9 Å². The Morgan fingerprint density at radius 2 is 1.79 bits per heavy atom. The predicted octanol–water partition coefficient (Wildman–Crippen LogP) is 4.63. The van der Waals surface area contributed by atoms with Crippen LogP contribution in [0.5, 0.6) is 11.5 Å². The van der Waals surface area contributed by atoms with E-state index in [9.17, 15) is 4.79 Å². The normalized spacial score (nSPS) is 10.8. The molecule has 124 valence electrons. The summed E-state index contributed by atoms with van der Waals surface area (Å²) in [4.78, 5) is 12.3. The van der Waals surface area contributed by atoms with Crippen LogP contribution in [0.2, 0.25) is 0 Å². The van der Waals surface area contributed by atoms with Crippen molar-refractivity contribution < 1.29 is 13.9 Å². The zero-order valence-corrected chi connectivity index (χ0v) is 14.8. The molecular formula is C19H17BrO4. The molecule has 0 N–H and O–H groups in total. The third-order valence-electron chi connectivity index (χ3n) is 3.62. The quantitative estimate of drug-likeness (QED) is 0.456. The maximum absolute atomic E-state index is 12.3. The fourth-order valence-corrected chi connectivity index (χ4v) is 2.60. The van der Waals surface area contributed by atoms with Crippen molar-refractivity contribution in [2.24, 2.45) is 0 Å². The van der Waals surface area contributed by atoms with Gasteiger partial charge in [0.1, 0.15) is 22.8 Å². The molecule has 0 saturated carbocycles. The molecule has 1 heterocycles. The number of hydrogen-bond donors (Lipinski definition) is 0. The number of ether oxygens (including phenoxy) is 2. The van der Waals surface area contributed by atoms with Gasteiger partial charge < -0.3 is 13.9 Å². The minimum Gasteiger partial charge on any atom is -0.497 e. The first-order valence-corrected chi connectivity index (χ1v) is 8.74. The van der Waals surface area contributed by atoms with Crippen LogP contribution in [0.15, 0.2) is 57.7 Å². The average Bonchev–Trinajstić information content (AvgIpc) is 2.62. The van der Waals surface area contributed by atoms with E-state index in [0.29, 0.717) is 29.1 Å². The second kappa shape index (κ2) is 7.53. The van der Waals surface area contributed by atoms with Crippen LogP contribution < -0.4 is 14.9 Å². The van der Waals surface area contributed by atoms with Crippen molar-refractivity contribution in [2.45, 2.75) is 6.42 Å². The molecule has 24 heavy (non-hydrogen) atoms. The Kier molecular flexibility index (Phi) is 5.20. The number of fused-ring (bicyclic) bond motifs is 1. The lowest BCUT2D eigenvalue weighted by Crippen LogP contribution is -2.02. The first kappa shape index (κ1) is 16.6. The van der Waals surface area contributed by atoms with Crippen LogP contribution in [0.25, 0.3) is 22.3 Å². The topological polar surface area (TPSA) is 48.7 Å². The highest BCUT2D eigenvalue weighted by atomic mass is 79.9. The Labute approximate surface area is 148 Å². The number of alkyl halides is 1. The standard InChI is InChI=1S/C19H17BrO4/c1-22-14-5-3-13(4-6-14)18-12-17(21)16-8-7-15(11-19(16)24-18)23-10-2-9-20/h3-8,11-12H,2,9-10H2,1H3. The lowest BCUT2D eigenvalue weighted by Gasteiger charge is -2.07. The highest BCUT2D eigenvalue weighted by molar-refractivity contribution is 9.09. The van der Waals surface area contributed by atoms with Gasteiger partial charge in [-0.3, -0.25) is 4.79 Å². The minimum atomic E-state index is -0.0749. The van der Waals surface area contributed by atoms with Crippen molar-refractivity contribution >= 4 is 26.9 Å². The smallest absolute Gasteiger partial charge is 0.193 e. The Morgan fingerprint density at radius 1 is 1.04 bits per heavy atom. The number of halogens is 1. The Bertz CT molecular complexity index is 884. The highest BCUT2D eigenvalue weighted by Gasteiger charge is 2.08. The molecule has 2 aromatic carbocycles. The van der Waals surface area contributed by atoms with Gasteiger partial charge in [0.15, 0.2) is 5.43 Å². The molecule has 0 aliphatic carbocycles. The molecular weight excluding hydrogens is 372 g/mol. The molecule has 0 aliphatic heterocycles.